The number of aromatic carboxylic acids is 1. The minimum atomic E-state index is -1.05. The minimum absolute atomic E-state index is 0. The first kappa shape index (κ1) is 17.7. The quantitative estimate of drug-likeness (QED) is 0.631. The van der Waals surface area contributed by atoms with Gasteiger partial charge in [-0.3, -0.25) is 0 Å². The largest absolute Gasteiger partial charge is 1.00 e. The van der Waals surface area contributed by atoms with E-state index < -0.39 is 5.97 Å². The molecule has 0 amide bonds. The maximum Gasteiger partial charge on any atom is 1.00 e. The van der Waals surface area contributed by atoms with Gasteiger partial charge in [-0.2, -0.15) is 0 Å². The van der Waals surface area contributed by atoms with Crippen LogP contribution in [0.3, 0.4) is 0 Å². The van der Waals surface area contributed by atoms with Crippen molar-refractivity contribution in [2.24, 2.45) is 0 Å². The normalized spacial score (nSPS) is 9.89. The molecule has 0 aliphatic carbocycles. The average molecular weight is 256 g/mol. The molecule has 0 fully saturated rings. The van der Waals surface area contributed by atoms with Crippen LogP contribution in [0.1, 0.15) is 61.0 Å². The number of carboxylic acids is 1. The molecule has 2 nitrogen and oxygen atoms in total. The molecule has 0 aromatic heterocycles. The summed E-state index contributed by atoms with van der Waals surface area (Å²) in [6, 6.07) is 5.54. The number of carboxylic acid groups (broad SMARTS) is 1. The topological polar surface area (TPSA) is 40.1 Å². The van der Waals surface area contributed by atoms with Crippen LogP contribution in [0, 0.1) is 0 Å². The van der Waals surface area contributed by atoms with Crippen molar-refractivity contribution in [1.29, 1.82) is 0 Å². The Hall–Kier alpha value is -0.310. The summed E-state index contributed by atoms with van der Waals surface area (Å²) in [4.78, 5) is 11.1. The van der Waals surface area contributed by atoms with Crippen molar-refractivity contribution in [3.63, 3.8) is 0 Å². The number of carbonyl (C=O) groups excluding carboxylic acids is 1. The van der Waals surface area contributed by atoms with E-state index in [0.717, 1.165) is 44.1 Å². The van der Waals surface area contributed by atoms with E-state index in [2.05, 4.69) is 13.8 Å². The first-order valence-corrected chi connectivity index (χ1v) is 6.52. The minimum Gasteiger partial charge on any atom is -0.545 e. The molecule has 18 heavy (non-hydrogen) atoms. The van der Waals surface area contributed by atoms with Crippen LogP contribution in [0.2, 0.25) is 0 Å². The number of benzene rings is 1. The molecular formula is C15H21NaO2. The van der Waals surface area contributed by atoms with Gasteiger partial charge in [0.25, 0.3) is 0 Å². The SMILES string of the molecule is CCCCc1cccc(C(=O)[O-])c1CCCC.[Na+]. The van der Waals surface area contributed by atoms with Gasteiger partial charge in [-0.05, 0) is 36.8 Å². The van der Waals surface area contributed by atoms with Gasteiger partial charge in [-0.25, -0.2) is 0 Å². The van der Waals surface area contributed by atoms with Crippen LogP contribution in [-0.4, -0.2) is 5.97 Å². The van der Waals surface area contributed by atoms with Gasteiger partial charge in [0.2, 0.25) is 0 Å². The molecule has 0 unspecified atom stereocenters. The predicted molar refractivity (Wildman–Crippen MR) is 68.0 cm³/mol. The Morgan fingerprint density at radius 1 is 1.11 bits per heavy atom. The summed E-state index contributed by atoms with van der Waals surface area (Å²) < 4.78 is 0. The Labute approximate surface area is 132 Å². The van der Waals surface area contributed by atoms with Crippen LogP contribution in [0.4, 0.5) is 0 Å². The van der Waals surface area contributed by atoms with Gasteiger partial charge < -0.3 is 9.90 Å². The summed E-state index contributed by atoms with van der Waals surface area (Å²) in [6.45, 7) is 4.27. The van der Waals surface area contributed by atoms with E-state index in [0.29, 0.717) is 5.56 Å². The van der Waals surface area contributed by atoms with E-state index >= 15 is 0 Å². The standard InChI is InChI=1S/C15H22O2.Na/c1-3-5-8-12-9-7-11-14(15(16)17)13(12)10-6-4-2;/h7,9,11H,3-6,8,10H2,1-2H3,(H,16,17);/q;+1/p-1. The molecular weight excluding hydrogens is 235 g/mol. The third-order valence-electron chi connectivity index (χ3n) is 3.07. The van der Waals surface area contributed by atoms with Gasteiger partial charge in [0, 0.05) is 5.56 Å². The molecule has 0 saturated carbocycles. The van der Waals surface area contributed by atoms with Crippen LogP contribution in [0.5, 0.6) is 0 Å². The molecule has 1 aromatic carbocycles. The first-order chi connectivity index (χ1) is 8.20. The molecule has 1 aromatic rings. The van der Waals surface area contributed by atoms with E-state index in [9.17, 15) is 9.90 Å². The Morgan fingerprint density at radius 2 is 1.72 bits per heavy atom. The second kappa shape index (κ2) is 9.60. The third-order valence-corrected chi connectivity index (χ3v) is 3.07. The van der Waals surface area contributed by atoms with E-state index in [1.807, 2.05) is 12.1 Å². The molecule has 0 atom stereocenters. The van der Waals surface area contributed by atoms with Crippen LogP contribution in [0.25, 0.3) is 0 Å². The number of aryl methyl sites for hydroxylation is 1. The van der Waals surface area contributed by atoms with Crippen LogP contribution >= 0.6 is 0 Å². The van der Waals surface area contributed by atoms with Crippen LogP contribution in [-0.2, 0) is 12.8 Å². The predicted octanol–water partition coefficient (Wildman–Crippen LogP) is -0.261. The monoisotopic (exact) mass is 256 g/mol. The smallest absolute Gasteiger partial charge is 0.545 e. The molecule has 94 valence electrons. The van der Waals surface area contributed by atoms with Gasteiger partial charge in [-0.1, -0.05) is 44.9 Å². The molecule has 0 radical (unpaired) electrons. The summed E-state index contributed by atoms with van der Waals surface area (Å²) in [7, 11) is 0. The zero-order chi connectivity index (χ0) is 12.7. The summed E-state index contributed by atoms with van der Waals surface area (Å²) in [5.74, 6) is -1.05. The number of rotatable bonds is 7. The van der Waals surface area contributed by atoms with E-state index in [1.165, 1.54) is 5.56 Å². The molecule has 1 rings (SSSR count). The van der Waals surface area contributed by atoms with Gasteiger partial charge in [0.15, 0.2) is 0 Å². The second-order valence-corrected chi connectivity index (χ2v) is 4.44. The number of unbranched alkanes of at least 4 members (excludes halogenated alkanes) is 2. The first-order valence-electron chi connectivity index (χ1n) is 6.52. The van der Waals surface area contributed by atoms with Crippen molar-refractivity contribution < 1.29 is 39.5 Å². The molecule has 0 aliphatic heterocycles. The number of hydrogen-bond acceptors (Lipinski definition) is 2. The Bertz CT molecular complexity index is 375. The molecule has 0 saturated heterocycles. The second-order valence-electron chi connectivity index (χ2n) is 4.44. The number of carbonyl (C=O) groups is 1. The summed E-state index contributed by atoms with van der Waals surface area (Å²) >= 11 is 0. The molecule has 0 bridgehead atoms. The Kier molecular flexibility index (Phi) is 9.43. The fraction of sp³-hybridized carbons (Fsp3) is 0.533. The Balaban J connectivity index is 0.00000289. The molecule has 3 heteroatoms. The molecule has 0 N–H and O–H groups in total. The van der Waals surface area contributed by atoms with Crippen molar-refractivity contribution in [1.82, 2.24) is 0 Å². The van der Waals surface area contributed by atoms with Gasteiger partial charge in [0.1, 0.15) is 0 Å². The molecule has 0 heterocycles. The van der Waals surface area contributed by atoms with E-state index in [1.54, 1.807) is 6.07 Å². The van der Waals surface area contributed by atoms with Crippen molar-refractivity contribution >= 4 is 5.97 Å². The van der Waals surface area contributed by atoms with E-state index in [-0.39, 0.29) is 29.6 Å². The zero-order valence-corrected chi connectivity index (χ0v) is 13.8. The Morgan fingerprint density at radius 3 is 2.28 bits per heavy atom. The summed E-state index contributed by atoms with van der Waals surface area (Å²) in [5, 5.41) is 11.1. The number of hydrogen-bond donors (Lipinski definition) is 0. The van der Waals surface area contributed by atoms with Crippen molar-refractivity contribution in [3.05, 3.63) is 34.9 Å². The van der Waals surface area contributed by atoms with E-state index in [4.69, 9.17) is 0 Å². The summed E-state index contributed by atoms with van der Waals surface area (Å²) in [6.07, 6.45) is 6.16. The van der Waals surface area contributed by atoms with Crippen LogP contribution in [0.15, 0.2) is 18.2 Å². The molecule has 0 spiro atoms. The third kappa shape index (κ3) is 5.13. The van der Waals surface area contributed by atoms with Gasteiger partial charge in [-0.15, -0.1) is 0 Å². The van der Waals surface area contributed by atoms with Crippen molar-refractivity contribution in [2.45, 2.75) is 52.4 Å². The van der Waals surface area contributed by atoms with Crippen LogP contribution < -0.4 is 34.7 Å². The van der Waals surface area contributed by atoms with Crippen molar-refractivity contribution in [2.75, 3.05) is 0 Å². The van der Waals surface area contributed by atoms with Gasteiger partial charge in [0.05, 0.1) is 5.97 Å². The maximum atomic E-state index is 11.1. The fourth-order valence-electron chi connectivity index (χ4n) is 2.08. The van der Waals surface area contributed by atoms with Gasteiger partial charge >= 0.3 is 29.6 Å². The maximum absolute atomic E-state index is 11.1. The zero-order valence-electron chi connectivity index (χ0n) is 11.8. The molecule has 0 aliphatic rings. The summed E-state index contributed by atoms with van der Waals surface area (Å²) in [5.41, 5.74) is 2.55. The fourth-order valence-corrected chi connectivity index (χ4v) is 2.08. The average Bonchev–Trinajstić information content (AvgIpc) is 2.33. The van der Waals surface area contributed by atoms with Crippen molar-refractivity contribution in [3.8, 4) is 0 Å².